The largest absolute Gasteiger partial charge is 0.373 e. The van der Waals surface area contributed by atoms with Crippen LogP contribution >= 0.6 is 0 Å². The van der Waals surface area contributed by atoms with E-state index >= 15 is 0 Å². The van der Waals surface area contributed by atoms with Crippen LogP contribution in [0.3, 0.4) is 0 Å². The first-order valence-electron chi connectivity index (χ1n) is 7.11. The molecule has 0 aromatic heterocycles. The molecular formula is C17H14F2N2O2. The second-order valence-electron chi connectivity index (χ2n) is 5.38. The summed E-state index contributed by atoms with van der Waals surface area (Å²) in [5, 5.41) is 2.79. The average Bonchev–Trinajstić information content (AvgIpc) is 2.78. The molecule has 2 aromatic carbocycles. The van der Waals surface area contributed by atoms with E-state index in [1.807, 2.05) is 19.1 Å². The van der Waals surface area contributed by atoms with Crippen LogP contribution in [-0.4, -0.2) is 17.9 Å². The molecule has 2 amide bonds. The molecule has 1 heterocycles. The molecule has 0 radical (unpaired) electrons. The van der Waals surface area contributed by atoms with Crippen molar-refractivity contribution in [3.63, 3.8) is 0 Å². The Balaban J connectivity index is 1.84. The summed E-state index contributed by atoms with van der Waals surface area (Å²) in [6, 6.07) is 9.54. The highest BCUT2D eigenvalue weighted by Crippen LogP contribution is 2.27. The summed E-state index contributed by atoms with van der Waals surface area (Å²) < 4.78 is 26.2. The molecule has 23 heavy (non-hydrogen) atoms. The van der Waals surface area contributed by atoms with Crippen molar-refractivity contribution in [1.82, 2.24) is 0 Å². The van der Waals surface area contributed by atoms with Gasteiger partial charge in [-0.25, -0.2) is 13.7 Å². The van der Waals surface area contributed by atoms with Crippen molar-refractivity contribution in [2.45, 2.75) is 19.4 Å². The van der Waals surface area contributed by atoms with Crippen LogP contribution in [0.2, 0.25) is 0 Å². The zero-order valence-corrected chi connectivity index (χ0v) is 12.3. The summed E-state index contributed by atoms with van der Waals surface area (Å²) >= 11 is 0. The SMILES string of the molecule is Cc1ccccc1N1C(=O)C[C@H](Nc2ccc(F)c(F)c2)C1=O. The topological polar surface area (TPSA) is 49.4 Å². The monoisotopic (exact) mass is 316 g/mol. The van der Waals surface area contributed by atoms with Gasteiger partial charge in [0.2, 0.25) is 5.91 Å². The normalized spacial score (nSPS) is 17.7. The van der Waals surface area contributed by atoms with Crippen LogP contribution in [0.15, 0.2) is 42.5 Å². The molecule has 2 aromatic rings. The fourth-order valence-electron chi connectivity index (χ4n) is 2.60. The van der Waals surface area contributed by atoms with E-state index in [9.17, 15) is 18.4 Å². The van der Waals surface area contributed by atoms with Crippen molar-refractivity contribution < 1.29 is 18.4 Å². The van der Waals surface area contributed by atoms with Crippen molar-refractivity contribution in [2.24, 2.45) is 0 Å². The number of carbonyl (C=O) groups is 2. The van der Waals surface area contributed by atoms with Crippen LogP contribution in [0.1, 0.15) is 12.0 Å². The second-order valence-corrected chi connectivity index (χ2v) is 5.38. The van der Waals surface area contributed by atoms with Gasteiger partial charge in [-0.05, 0) is 30.7 Å². The van der Waals surface area contributed by atoms with Gasteiger partial charge in [-0.1, -0.05) is 18.2 Å². The number of hydrogen-bond acceptors (Lipinski definition) is 3. The molecule has 118 valence electrons. The molecule has 3 rings (SSSR count). The minimum absolute atomic E-state index is 0.0356. The number of anilines is 2. The van der Waals surface area contributed by atoms with E-state index in [2.05, 4.69) is 5.32 Å². The third-order valence-corrected chi connectivity index (χ3v) is 3.76. The minimum atomic E-state index is -1.01. The van der Waals surface area contributed by atoms with Crippen LogP contribution in [0.4, 0.5) is 20.2 Å². The average molecular weight is 316 g/mol. The van der Waals surface area contributed by atoms with Crippen LogP contribution in [0.25, 0.3) is 0 Å². The molecule has 0 saturated carbocycles. The molecule has 0 bridgehead atoms. The molecule has 1 aliphatic heterocycles. The number of amides is 2. The minimum Gasteiger partial charge on any atom is -0.373 e. The van der Waals surface area contributed by atoms with E-state index in [1.54, 1.807) is 12.1 Å². The molecule has 1 atom stereocenters. The van der Waals surface area contributed by atoms with Gasteiger partial charge in [0.05, 0.1) is 12.1 Å². The van der Waals surface area contributed by atoms with E-state index in [4.69, 9.17) is 0 Å². The molecule has 6 heteroatoms. The number of nitrogens with one attached hydrogen (secondary N) is 1. The molecule has 1 aliphatic rings. The summed E-state index contributed by atoms with van der Waals surface area (Å²) in [5.41, 5.74) is 1.60. The predicted molar refractivity (Wildman–Crippen MR) is 82.1 cm³/mol. The fraction of sp³-hybridized carbons (Fsp3) is 0.176. The molecule has 1 fully saturated rings. The first kappa shape index (κ1) is 15.1. The van der Waals surface area contributed by atoms with Gasteiger partial charge in [0, 0.05) is 11.8 Å². The molecule has 0 unspecified atom stereocenters. The van der Waals surface area contributed by atoms with Gasteiger partial charge in [0.1, 0.15) is 6.04 Å². The Hall–Kier alpha value is -2.76. The van der Waals surface area contributed by atoms with E-state index in [0.717, 1.165) is 22.6 Å². The number of halogens is 2. The first-order chi connectivity index (χ1) is 11.0. The standard InChI is InChI=1S/C17H14F2N2O2/c1-10-4-2-3-5-15(10)21-16(22)9-14(17(21)23)20-11-6-7-12(18)13(19)8-11/h2-8,14,20H,9H2,1H3/t14-/m0/s1. The maximum Gasteiger partial charge on any atom is 0.256 e. The van der Waals surface area contributed by atoms with Gasteiger partial charge < -0.3 is 5.32 Å². The summed E-state index contributed by atoms with van der Waals surface area (Å²) in [7, 11) is 0. The predicted octanol–water partition coefficient (Wildman–Crippen LogP) is 3.02. The Bertz CT molecular complexity index is 792. The Morgan fingerprint density at radius 2 is 1.83 bits per heavy atom. The third-order valence-electron chi connectivity index (χ3n) is 3.76. The lowest BCUT2D eigenvalue weighted by Gasteiger charge is -2.18. The zero-order valence-electron chi connectivity index (χ0n) is 12.3. The first-order valence-corrected chi connectivity index (χ1v) is 7.11. The van der Waals surface area contributed by atoms with Crippen molar-refractivity contribution in [1.29, 1.82) is 0 Å². The van der Waals surface area contributed by atoms with Crippen molar-refractivity contribution in [3.8, 4) is 0 Å². The maximum atomic E-state index is 13.2. The van der Waals surface area contributed by atoms with Crippen LogP contribution in [-0.2, 0) is 9.59 Å². The number of imide groups is 1. The Labute approximate surface area is 131 Å². The van der Waals surface area contributed by atoms with Gasteiger partial charge in [-0.15, -0.1) is 0 Å². The van der Waals surface area contributed by atoms with E-state index in [1.165, 1.54) is 6.07 Å². The zero-order chi connectivity index (χ0) is 16.6. The number of nitrogens with zero attached hydrogens (tertiary/aromatic N) is 1. The molecule has 0 aliphatic carbocycles. The number of rotatable bonds is 3. The number of carbonyl (C=O) groups excluding carboxylic acids is 2. The van der Waals surface area contributed by atoms with Crippen LogP contribution in [0.5, 0.6) is 0 Å². The quantitative estimate of drug-likeness (QED) is 0.886. The Kier molecular flexibility index (Phi) is 3.82. The van der Waals surface area contributed by atoms with Crippen LogP contribution < -0.4 is 10.2 Å². The number of benzene rings is 2. The lowest BCUT2D eigenvalue weighted by molar-refractivity contribution is -0.121. The molecule has 1 saturated heterocycles. The molecular weight excluding hydrogens is 302 g/mol. The number of para-hydroxylation sites is 1. The second kappa shape index (κ2) is 5.79. The number of aryl methyl sites for hydroxylation is 1. The van der Waals surface area contributed by atoms with Crippen molar-refractivity contribution >= 4 is 23.2 Å². The Morgan fingerprint density at radius 3 is 2.52 bits per heavy atom. The Morgan fingerprint density at radius 1 is 1.09 bits per heavy atom. The molecule has 0 spiro atoms. The van der Waals surface area contributed by atoms with Gasteiger partial charge >= 0.3 is 0 Å². The highest BCUT2D eigenvalue weighted by Gasteiger charge is 2.40. The summed E-state index contributed by atoms with van der Waals surface area (Å²) in [6.45, 7) is 1.81. The van der Waals surface area contributed by atoms with Gasteiger partial charge in [-0.2, -0.15) is 0 Å². The van der Waals surface area contributed by atoms with E-state index < -0.39 is 23.6 Å². The third kappa shape index (κ3) is 2.79. The summed E-state index contributed by atoms with van der Waals surface area (Å²) in [6.07, 6.45) is -0.0356. The highest BCUT2D eigenvalue weighted by atomic mass is 19.2. The lowest BCUT2D eigenvalue weighted by atomic mass is 10.2. The summed E-state index contributed by atoms with van der Waals surface area (Å²) in [5.74, 6) is -2.72. The van der Waals surface area contributed by atoms with Crippen molar-refractivity contribution in [2.75, 3.05) is 10.2 Å². The van der Waals surface area contributed by atoms with Gasteiger partial charge in [0.15, 0.2) is 11.6 Å². The highest BCUT2D eigenvalue weighted by molar-refractivity contribution is 6.23. The van der Waals surface area contributed by atoms with E-state index in [0.29, 0.717) is 5.69 Å². The van der Waals surface area contributed by atoms with Crippen LogP contribution in [0, 0.1) is 18.6 Å². The molecule has 1 N–H and O–H groups in total. The van der Waals surface area contributed by atoms with E-state index in [-0.39, 0.29) is 18.0 Å². The smallest absolute Gasteiger partial charge is 0.256 e. The van der Waals surface area contributed by atoms with Gasteiger partial charge in [0.25, 0.3) is 5.91 Å². The van der Waals surface area contributed by atoms with Gasteiger partial charge in [-0.3, -0.25) is 9.59 Å². The maximum absolute atomic E-state index is 13.2. The number of hydrogen-bond donors (Lipinski definition) is 1. The van der Waals surface area contributed by atoms with Crippen molar-refractivity contribution in [3.05, 3.63) is 59.7 Å². The lowest BCUT2D eigenvalue weighted by Crippen LogP contribution is -2.35. The fourth-order valence-corrected chi connectivity index (χ4v) is 2.60. The molecule has 4 nitrogen and oxygen atoms in total. The summed E-state index contributed by atoms with van der Waals surface area (Å²) in [4.78, 5) is 25.8.